The second-order valence-corrected chi connectivity index (χ2v) is 7.15. The van der Waals surface area contributed by atoms with Gasteiger partial charge in [-0.1, -0.05) is 13.0 Å². The molecule has 1 N–H and O–H groups in total. The molecule has 0 aromatic carbocycles. The van der Waals surface area contributed by atoms with Crippen molar-refractivity contribution in [3.8, 4) is 0 Å². The van der Waals surface area contributed by atoms with Crippen LogP contribution in [0.5, 0.6) is 0 Å². The van der Waals surface area contributed by atoms with Crippen LogP contribution in [0.1, 0.15) is 19.4 Å². The Bertz CT molecular complexity index is 530. The summed E-state index contributed by atoms with van der Waals surface area (Å²) in [5.41, 5.74) is 1.12. The fourth-order valence-corrected chi connectivity index (χ4v) is 3.96. The van der Waals surface area contributed by atoms with Gasteiger partial charge in [-0.25, -0.2) is 13.4 Å². The first-order chi connectivity index (χ1) is 9.03. The van der Waals surface area contributed by atoms with E-state index in [0.717, 1.165) is 24.5 Å². The van der Waals surface area contributed by atoms with Gasteiger partial charge >= 0.3 is 0 Å². The first-order valence-corrected chi connectivity index (χ1v) is 8.47. The summed E-state index contributed by atoms with van der Waals surface area (Å²) in [6.07, 6.45) is 1.76. The minimum Gasteiger partial charge on any atom is -0.352 e. The molecule has 0 spiro atoms. The van der Waals surface area contributed by atoms with E-state index >= 15 is 0 Å². The van der Waals surface area contributed by atoms with Crippen molar-refractivity contribution >= 4 is 15.7 Å². The SMILES string of the molecule is CCNCc1cccnc1N1CCS(=O)(=O)CC1C. The van der Waals surface area contributed by atoms with Crippen molar-refractivity contribution in [1.82, 2.24) is 10.3 Å². The van der Waals surface area contributed by atoms with Gasteiger partial charge in [0.15, 0.2) is 9.84 Å². The highest BCUT2D eigenvalue weighted by molar-refractivity contribution is 7.91. The van der Waals surface area contributed by atoms with Gasteiger partial charge in [0.2, 0.25) is 0 Å². The number of anilines is 1. The van der Waals surface area contributed by atoms with Crippen molar-refractivity contribution in [3.05, 3.63) is 23.9 Å². The molecule has 0 saturated carbocycles. The van der Waals surface area contributed by atoms with E-state index < -0.39 is 9.84 Å². The van der Waals surface area contributed by atoms with Crippen molar-refractivity contribution in [3.63, 3.8) is 0 Å². The lowest BCUT2D eigenvalue weighted by Gasteiger charge is -2.35. The Balaban J connectivity index is 2.22. The molecule has 19 heavy (non-hydrogen) atoms. The molecule has 5 nitrogen and oxygen atoms in total. The van der Waals surface area contributed by atoms with Crippen molar-refractivity contribution in [2.24, 2.45) is 0 Å². The van der Waals surface area contributed by atoms with Gasteiger partial charge < -0.3 is 10.2 Å². The number of hydrogen-bond donors (Lipinski definition) is 1. The zero-order chi connectivity index (χ0) is 13.9. The molecule has 1 aromatic rings. The Hall–Kier alpha value is -1.14. The van der Waals surface area contributed by atoms with Crippen LogP contribution in [-0.2, 0) is 16.4 Å². The quantitative estimate of drug-likeness (QED) is 0.886. The molecule has 2 rings (SSSR count). The number of rotatable bonds is 4. The lowest BCUT2D eigenvalue weighted by atomic mass is 10.2. The van der Waals surface area contributed by atoms with Crippen LogP contribution >= 0.6 is 0 Å². The highest BCUT2D eigenvalue weighted by atomic mass is 32.2. The minimum atomic E-state index is -2.89. The molecule has 1 atom stereocenters. The first kappa shape index (κ1) is 14.3. The Morgan fingerprint density at radius 2 is 2.32 bits per heavy atom. The Morgan fingerprint density at radius 3 is 3.00 bits per heavy atom. The van der Waals surface area contributed by atoms with Gasteiger partial charge in [0.25, 0.3) is 0 Å². The zero-order valence-electron chi connectivity index (χ0n) is 11.5. The van der Waals surface area contributed by atoms with Gasteiger partial charge in [0.1, 0.15) is 5.82 Å². The largest absolute Gasteiger partial charge is 0.352 e. The molecular formula is C13H21N3O2S. The maximum atomic E-state index is 11.6. The number of nitrogens with zero attached hydrogens (tertiary/aromatic N) is 2. The van der Waals surface area contributed by atoms with E-state index in [1.807, 2.05) is 19.1 Å². The van der Waals surface area contributed by atoms with Crippen LogP contribution in [-0.4, -0.2) is 44.0 Å². The van der Waals surface area contributed by atoms with Crippen LogP contribution in [0.4, 0.5) is 5.82 Å². The molecule has 1 aliphatic rings. The number of nitrogens with one attached hydrogen (secondary N) is 1. The molecule has 1 aliphatic heterocycles. The van der Waals surface area contributed by atoms with E-state index in [9.17, 15) is 8.42 Å². The highest BCUT2D eigenvalue weighted by Gasteiger charge is 2.29. The third-order valence-corrected chi connectivity index (χ3v) is 5.17. The van der Waals surface area contributed by atoms with Gasteiger partial charge in [-0.15, -0.1) is 0 Å². The van der Waals surface area contributed by atoms with Crippen LogP contribution in [0.2, 0.25) is 0 Å². The number of aromatic nitrogens is 1. The molecular weight excluding hydrogens is 262 g/mol. The van der Waals surface area contributed by atoms with E-state index in [4.69, 9.17) is 0 Å². The standard InChI is InChI=1S/C13H21N3O2S/c1-3-14-9-12-5-4-6-15-13(12)16-7-8-19(17,18)10-11(16)2/h4-6,11,14H,3,7-10H2,1-2H3. The minimum absolute atomic E-state index is 0.0194. The third kappa shape index (κ3) is 3.45. The monoisotopic (exact) mass is 283 g/mol. The average molecular weight is 283 g/mol. The van der Waals surface area contributed by atoms with Gasteiger partial charge in [0, 0.05) is 30.9 Å². The molecule has 6 heteroatoms. The van der Waals surface area contributed by atoms with E-state index in [2.05, 4.69) is 22.1 Å². The smallest absolute Gasteiger partial charge is 0.154 e. The Kier molecular flexibility index (Phi) is 4.42. The Morgan fingerprint density at radius 1 is 1.53 bits per heavy atom. The maximum Gasteiger partial charge on any atom is 0.154 e. The lowest BCUT2D eigenvalue weighted by molar-refractivity contribution is 0.565. The van der Waals surface area contributed by atoms with Crippen LogP contribution in [0.3, 0.4) is 0 Å². The predicted molar refractivity (Wildman–Crippen MR) is 77.1 cm³/mol. The summed E-state index contributed by atoms with van der Waals surface area (Å²) in [7, 11) is -2.89. The van der Waals surface area contributed by atoms with Crippen molar-refractivity contribution in [2.45, 2.75) is 26.4 Å². The number of hydrogen-bond acceptors (Lipinski definition) is 5. The molecule has 2 heterocycles. The number of sulfone groups is 1. The van der Waals surface area contributed by atoms with Gasteiger partial charge in [-0.05, 0) is 19.5 Å². The molecule has 0 amide bonds. The Labute approximate surface area is 114 Å². The lowest BCUT2D eigenvalue weighted by Crippen LogP contribution is -2.47. The molecule has 106 valence electrons. The third-order valence-electron chi connectivity index (χ3n) is 3.38. The number of pyridine rings is 1. The van der Waals surface area contributed by atoms with E-state index in [1.54, 1.807) is 6.20 Å². The molecule has 1 fully saturated rings. The maximum absolute atomic E-state index is 11.6. The second-order valence-electron chi connectivity index (χ2n) is 4.92. The van der Waals surface area contributed by atoms with Gasteiger partial charge in [0.05, 0.1) is 11.5 Å². The fraction of sp³-hybridized carbons (Fsp3) is 0.615. The second kappa shape index (κ2) is 5.88. The normalized spacial score (nSPS) is 22.4. The summed E-state index contributed by atoms with van der Waals surface area (Å²) in [6, 6.07) is 3.94. The summed E-state index contributed by atoms with van der Waals surface area (Å²) in [5.74, 6) is 1.34. The summed E-state index contributed by atoms with van der Waals surface area (Å²) < 4.78 is 23.3. The van der Waals surface area contributed by atoms with Crippen LogP contribution in [0, 0.1) is 0 Å². The van der Waals surface area contributed by atoms with E-state index in [-0.39, 0.29) is 17.5 Å². The topological polar surface area (TPSA) is 62.3 Å². The highest BCUT2D eigenvalue weighted by Crippen LogP contribution is 2.23. The summed E-state index contributed by atoms with van der Waals surface area (Å²) in [6.45, 7) is 6.20. The van der Waals surface area contributed by atoms with Crippen LogP contribution in [0.15, 0.2) is 18.3 Å². The van der Waals surface area contributed by atoms with Crippen molar-refractivity contribution in [1.29, 1.82) is 0 Å². The van der Waals surface area contributed by atoms with E-state index in [0.29, 0.717) is 6.54 Å². The molecule has 1 saturated heterocycles. The summed E-state index contributed by atoms with van der Waals surface area (Å²) in [5, 5.41) is 3.29. The first-order valence-electron chi connectivity index (χ1n) is 6.65. The fourth-order valence-electron chi connectivity index (χ4n) is 2.40. The molecule has 0 radical (unpaired) electrons. The van der Waals surface area contributed by atoms with E-state index in [1.165, 1.54) is 0 Å². The van der Waals surface area contributed by atoms with Gasteiger partial charge in [-0.3, -0.25) is 0 Å². The van der Waals surface area contributed by atoms with Crippen LogP contribution in [0.25, 0.3) is 0 Å². The molecule has 1 unspecified atom stereocenters. The van der Waals surface area contributed by atoms with Crippen LogP contribution < -0.4 is 10.2 Å². The van der Waals surface area contributed by atoms with Crippen molar-refractivity contribution in [2.75, 3.05) is 29.5 Å². The zero-order valence-corrected chi connectivity index (χ0v) is 12.3. The summed E-state index contributed by atoms with van der Waals surface area (Å²) in [4.78, 5) is 6.55. The van der Waals surface area contributed by atoms with Gasteiger partial charge in [-0.2, -0.15) is 0 Å². The van der Waals surface area contributed by atoms with Crippen molar-refractivity contribution < 1.29 is 8.42 Å². The summed E-state index contributed by atoms with van der Waals surface area (Å²) >= 11 is 0. The predicted octanol–water partition coefficient (Wildman–Crippen LogP) is 0.814. The molecule has 1 aromatic heterocycles. The molecule has 0 aliphatic carbocycles. The average Bonchev–Trinajstić information content (AvgIpc) is 2.36. The molecule has 0 bridgehead atoms.